The average Bonchev–Trinajstić information content (AvgIpc) is 2.54. The van der Waals surface area contributed by atoms with Crippen molar-refractivity contribution in [1.82, 2.24) is 0 Å². The summed E-state index contributed by atoms with van der Waals surface area (Å²) >= 11 is 1.77. The van der Waals surface area contributed by atoms with Gasteiger partial charge in [0.1, 0.15) is 6.61 Å². The van der Waals surface area contributed by atoms with Gasteiger partial charge >= 0.3 is 0 Å². The molecule has 0 unspecified atom stereocenters. The van der Waals surface area contributed by atoms with Crippen molar-refractivity contribution < 1.29 is 4.74 Å². The Morgan fingerprint density at radius 1 is 1.50 bits per heavy atom. The van der Waals surface area contributed by atoms with Crippen LogP contribution in [0.4, 0.5) is 0 Å². The van der Waals surface area contributed by atoms with E-state index in [9.17, 15) is 0 Å². The van der Waals surface area contributed by atoms with Crippen LogP contribution in [0.3, 0.4) is 0 Å². The summed E-state index contributed by atoms with van der Waals surface area (Å²) in [6.45, 7) is 2.82. The minimum Gasteiger partial charge on any atom is -0.496 e. The molecule has 1 aliphatic rings. The number of thiophene rings is 1. The largest absolute Gasteiger partial charge is 0.496 e. The van der Waals surface area contributed by atoms with Gasteiger partial charge in [-0.3, -0.25) is 0 Å². The molecule has 2 heterocycles. The van der Waals surface area contributed by atoms with Crippen molar-refractivity contribution in [2.45, 2.75) is 6.92 Å². The van der Waals surface area contributed by atoms with Crippen molar-refractivity contribution >= 4 is 16.9 Å². The van der Waals surface area contributed by atoms with Crippen molar-refractivity contribution in [3.63, 3.8) is 0 Å². The summed E-state index contributed by atoms with van der Waals surface area (Å²) in [6.07, 6.45) is 5.77. The van der Waals surface area contributed by atoms with Gasteiger partial charge in [0, 0.05) is 10.5 Å². The molecule has 0 atom stereocenters. The fourth-order valence-electron chi connectivity index (χ4n) is 1.15. The summed E-state index contributed by atoms with van der Waals surface area (Å²) < 4.78 is 5.20. The quantitative estimate of drug-likeness (QED) is 0.642. The Balaban J connectivity index is 2.30. The number of rotatable bonds is 1. The highest BCUT2D eigenvalue weighted by molar-refractivity contribution is 7.11. The maximum Gasteiger partial charge on any atom is 0.114 e. The smallest absolute Gasteiger partial charge is 0.114 e. The summed E-state index contributed by atoms with van der Waals surface area (Å²) in [6, 6.07) is 2.19. The van der Waals surface area contributed by atoms with Crippen LogP contribution in [-0.4, -0.2) is 6.61 Å². The third-order valence-electron chi connectivity index (χ3n) is 1.76. The second-order valence-electron chi connectivity index (χ2n) is 2.82. The van der Waals surface area contributed by atoms with Gasteiger partial charge in [-0.2, -0.15) is 0 Å². The predicted octanol–water partition coefficient (Wildman–Crippen LogP) is 2.98. The Morgan fingerprint density at radius 2 is 2.42 bits per heavy atom. The molecule has 1 aliphatic heterocycles. The molecule has 12 heavy (non-hydrogen) atoms. The minimum absolute atomic E-state index is 0.705. The molecule has 0 saturated carbocycles. The van der Waals surface area contributed by atoms with Gasteiger partial charge in [0.05, 0.1) is 6.26 Å². The Bertz CT molecular complexity index is 333. The van der Waals surface area contributed by atoms with Crippen molar-refractivity contribution in [1.29, 1.82) is 0 Å². The lowest BCUT2D eigenvalue weighted by Gasteiger charge is -2.07. The first-order valence-electron chi connectivity index (χ1n) is 3.89. The van der Waals surface area contributed by atoms with Gasteiger partial charge in [-0.15, -0.1) is 11.3 Å². The van der Waals surface area contributed by atoms with Crippen LogP contribution in [0, 0.1) is 6.92 Å². The first-order valence-corrected chi connectivity index (χ1v) is 4.77. The fourth-order valence-corrected chi connectivity index (χ4v) is 2.06. The molecule has 2 heteroatoms. The zero-order chi connectivity index (χ0) is 8.39. The van der Waals surface area contributed by atoms with Gasteiger partial charge in [-0.05, 0) is 30.0 Å². The van der Waals surface area contributed by atoms with Crippen LogP contribution in [-0.2, 0) is 4.74 Å². The summed E-state index contributed by atoms with van der Waals surface area (Å²) in [4.78, 5) is 1.32. The van der Waals surface area contributed by atoms with Crippen LogP contribution in [0.1, 0.15) is 10.4 Å². The Hall–Kier alpha value is -1.02. The number of aryl methyl sites for hydroxylation is 1. The van der Waals surface area contributed by atoms with Crippen LogP contribution >= 0.6 is 11.3 Å². The van der Waals surface area contributed by atoms with E-state index in [1.54, 1.807) is 17.6 Å². The van der Waals surface area contributed by atoms with Gasteiger partial charge in [0.15, 0.2) is 0 Å². The van der Waals surface area contributed by atoms with Gasteiger partial charge in [0.25, 0.3) is 0 Å². The van der Waals surface area contributed by atoms with Crippen molar-refractivity contribution in [2.75, 3.05) is 6.61 Å². The molecule has 0 N–H and O–H groups in total. The van der Waals surface area contributed by atoms with Crippen LogP contribution in [0.25, 0.3) is 5.57 Å². The molecular formula is C10H10OS. The molecule has 1 nitrogen and oxygen atoms in total. The lowest BCUT2D eigenvalue weighted by Crippen LogP contribution is -1.94. The van der Waals surface area contributed by atoms with E-state index in [0.717, 1.165) is 0 Å². The Morgan fingerprint density at radius 3 is 3.00 bits per heavy atom. The van der Waals surface area contributed by atoms with Crippen LogP contribution < -0.4 is 0 Å². The van der Waals surface area contributed by atoms with Crippen molar-refractivity contribution in [2.24, 2.45) is 0 Å². The molecular weight excluding hydrogens is 168 g/mol. The van der Waals surface area contributed by atoms with E-state index >= 15 is 0 Å². The molecule has 1 aromatic heterocycles. The summed E-state index contributed by atoms with van der Waals surface area (Å²) in [5.74, 6) is 0. The SMILES string of the molecule is Cc1csc(C2=CC=COC2)c1. The number of ether oxygens (including phenoxy) is 1. The molecule has 0 amide bonds. The van der Waals surface area contributed by atoms with Gasteiger partial charge in [0.2, 0.25) is 0 Å². The van der Waals surface area contributed by atoms with E-state index in [2.05, 4.69) is 24.4 Å². The summed E-state index contributed by atoms with van der Waals surface area (Å²) in [5.41, 5.74) is 2.60. The summed E-state index contributed by atoms with van der Waals surface area (Å²) in [7, 11) is 0. The molecule has 0 bridgehead atoms. The van der Waals surface area contributed by atoms with E-state index in [1.807, 2.05) is 6.08 Å². The fraction of sp³-hybridized carbons (Fsp3) is 0.200. The summed E-state index contributed by atoms with van der Waals surface area (Å²) in [5, 5.41) is 2.16. The van der Waals surface area contributed by atoms with E-state index in [-0.39, 0.29) is 0 Å². The van der Waals surface area contributed by atoms with Gasteiger partial charge < -0.3 is 4.74 Å². The predicted molar refractivity (Wildman–Crippen MR) is 52.1 cm³/mol. The molecule has 2 rings (SSSR count). The van der Waals surface area contributed by atoms with E-state index in [4.69, 9.17) is 4.74 Å². The molecule has 0 saturated heterocycles. The molecule has 0 spiro atoms. The first-order chi connectivity index (χ1) is 5.86. The highest BCUT2D eigenvalue weighted by atomic mass is 32.1. The molecule has 0 fully saturated rings. The van der Waals surface area contributed by atoms with E-state index in [0.29, 0.717) is 6.61 Å². The van der Waals surface area contributed by atoms with Crippen LogP contribution in [0.5, 0.6) is 0 Å². The first kappa shape index (κ1) is 7.62. The van der Waals surface area contributed by atoms with Crippen molar-refractivity contribution in [3.8, 4) is 0 Å². The number of allylic oxidation sites excluding steroid dienone is 2. The molecule has 1 aromatic rings. The Kier molecular flexibility index (Phi) is 2.00. The molecule has 62 valence electrons. The van der Waals surface area contributed by atoms with Crippen LogP contribution in [0.15, 0.2) is 29.9 Å². The molecule has 0 radical (unpaired) electrons. The van der Waals surface area contributed by atoms with Crippen molar-refractivity contribution in [3.05, 3.63) is 40.3 Å². The number of hydrogen-bond donors (Lipinski definition) is 0. The highest BCUT2D eigenvalue weighted by Crippen LogP contribution is 2.24. The maximum atomic E-state index is 5.20. The van der Waals surface area contributed by atoms with E-state index in [1.165, 1.54) is 16.0 Å². The second kappa shape index (κ2) is 3.15. The maximum absolute atomic E-state index is 5.20. The van der Waals surface area contributed by atoms with Crippen LogP contribution in [0.2, 0.25) is 0 Å². The highest BCUT2D eigenvalue weighted by Gasteiger charge is 2.05. The lowest BCUT2D eigenvalue weighted by atomic mass is 10.2. The Labute approximate surface area is 76.0 Å². The zero-order valence-corrected chi connectivity index (χ0v) is 7.73. The third kappa shape index (κ3) is 1.43. The van der Waals surface area contributed by atoms with Gasteiger partial charge in [-0.25, -0.2) is 0 Å². The normalized spacial score (nSPS) is 15.6. The lowest BCUT2D eigenvalue weighted by molar-refractivity contribution is 0.293. The van der Waals surface area contributed by atoms with Gasteiger partial charge in [-0.1, -0.05) is 6.08 Å². The monoisotopic (exact) mass is 178 g/mol. The molecule has 0 aliphatic carbocycles. The third-order valence-corrected chi connectivity index (χ3v) is 2.88. The zero-order valence-electron chi connectivity index (χ0n) is 6.91. The van der Waals surface area contributed by atoms with E-state index < -0.39 is 0 Å². The minimum atomic E-state index is 0.705. The molecule has 0 aromatic carbocycles. The second-order valence-corrected chi connectivity index (χ2v) is 3.73. The standard InChI is InChI=1S/C10H10OS/c1-8-5-10(12-7-8)9-3-2-4-11-6-9/h2-5,7H,6H2,1H3. The number of hydrogen-bond acceptors (Lipinski definition) is 2. The topological polar surface area (TPSA) is 9.23 Å². The average molecular weight is 178 g/mol.